The molecule has 0 atom stereocenters. The fourth-order valence-electron chi connectivity index (χ4n) is 0.656. The van der Waals surface area contributed by atoms with Gasteiger partial charge in [-0.15, -0.1) is 0 Å². The molecule has 0 saturated carbocycles. The van der Waals surface area contributed by atoms with E-state index in [0.717, 1.165) is 9.32 Å². The van der Waals surface area contributed by atoms with Gasteiger partial charge in [-0.05, 0) is 35.6 Å². The Hall–Kier alpha value is -0.250. The van der Waals surface area contributed by atoms with Crippen molar-refractivity contribution in [3.8, 4) is 5.75 Å². The molecule has 1 aromatic rings. The molecule has 1 nitrogen and oxygen atoms in total. The third-order valence-electron chi connectivity index (χ3n) is 1.06. The molecule has 0 aliphatic rings. The fraction of sp³-hybridized carbons (Fsp3) is 0.250. The highest BCUT2D eigenvalue weighted by Crippen LogP contribution is 2.18. The van der Waals surface area contributed by atoms with Crippen LogP contribution in [0.1, 0.15) is 6.92 Å². The molecule has 0 spiro atoms. The lowest BCUT2D eigenvalue weighted by Gasteiger charge is -2.02. The first-order valence-corrected chi connectivity index (χ1v) is 4.21. The van der Waals surface area contributed by atoms with Gasteiger partial charge in [0.25, 0.3) is 0 Å². The zero-order valence-electron chi connectivity index (χ0n) is 5.73. The Kier molecular flexibility index (Phi) is 2.99. The number of para-hydroxylation sites is 1. The molecule has 2 heteroatoms. The van der Waals surface area contributed by atoms with Gasteiger partial charge in [0.2, 0.25) is 0 Å². The van der Waals surface area contributed by atoms with E-state index in [-0.39, 0.29) is 0 Å². The summed E-state index contributed by atoms with van der Waals surface area (Å²) in [7, 11) is 0. The van der Waals surface area contributed by atoms with Gasteiger partial charge >= 0.3 is 0 Å². The summed E-state index contributed by atoms with van der Waals surface area (Å²) in [5, 5.41) is 0. The van der Waals surface area contributed by atoms with Gasteiger partial charge in [0.1, 0.15) is 5.75 Å². The summed E-state index contributed by atoms with van der Waals surface area (Å²) in [5.41, 5.74) is 0. The van der Waals surface area contributed by atoms with Gasteiger partial charge in [0.15, 0.2) is 0 Å². The molecule has 0 N–H and O–H groups in total. The average Bonchev–Trinajstić information content (AvgIpc) is 1.94. The lowest BCUT2D eigenvalue weighted by Crippen LogP contribution is -1.92. The second-order valence-corrected chi connectivity index (χ2v) is 2.94. The van der Waals surface area contributed by atoms with Gasteiger partial charge in [-0.25, -0.2) is 0 Å². The van der Waals surface area contributed by atoms with Crippen molar-refractivity contribution in [3.63, 3.8) is 0 Å². The molecule has 0 aliphatic heterocycles. The molecule has 0 fully saturated rings. The maximum Gasteiger partial charge on any atom is 0.140 e. The maximum atomic E-state index is 5.27. The van der Waals surface area contributed by atoms with E-state index < -0.39 is 0 Å². The highest BCUT2D eigenvalue weighted by Gasteiger charge is 1.95. The molecule has 1 aromatic carbocycles. The summed E-state index contributed by atoms with van der Waals surface area (Å²) in [5.74, 6) is 0.852. The van der Waals surface area contributed by atoms with Crippen LogP contribution in [0, 0.1) is 9.64 Å². The maximum absolute atomic E-state index is 5.27. The van der Waals surface area contributed by atoms with Crippen molar-refractivity contribution in [1.82, 2.24) is 0 Å². The Morgan fingerprint density at radius 1 is 1.70 bits per heavy atom. The summed E-state index contributed by atoms with van der Waals surface area (Å²) in [4.78, 5) is 0. The molecule has 0 amide bonds. The van der Waals surface area contributed by atoms with Crippen LogP contribution >= 0.6 is 22.6 Å². The first-order chi connectivity index (χ1) is 4.84. The van der Waals surface area contributed by atoms with E-state index in [9.17, 15) is 0 Å². The van der Waals surface area contributed by atoms with Crippen LogP contribution < -0.4 is 4.74 Å². The van der Waals surface area contributed by atoms with Crippen molar-refractivity contribution in [2.24, 2.45) is 0 Å². The number of hydrogen-bond donors (Lipinski definition) is 0. The van der Waals surface area contributed by atoms with Crippen LogP contribution in [0.25, 0.3) is 0 Å². The van der Waals surface area contributed by atoms with E-state index in [4.69, 9.17) is 4.74 Å². The number of hydrogen-bond acceptors (Lipinski definition) is 1. The zero-order chi connectivity index (χ0) is 7.40. The zero-order valence-corrected chi connectivity index (χ0v) is 7.88. The summed E-state index contributed by atoms with van der Waals surface area (Å²) in [6, 6.07) is 8.81. The normalized spacial score (nSPS) is 9.40. The Morgan fingerprint density at radius 2 is 2.50 bits per heavy atom. The van der Waals surface area contributed by atoms with Crippen LogP contribution in [0.3, 0.4) is 0 Å². The molecule has 0 unspecified atom stereocenters. The molecule has 1 rings (SSSR count). The number of ether oxygens (including phenoxy) is 1. The van der Waals surface area contributed by atoms with E-state index in [0.29, 0.717) is 6.61 Å². The minimum absolute atomic E-state index is 0.705. The van der Waals surface area contributed by atoms with Crippen molar-refractivity contribution < 1.29 is 4.74 Å². The third kappa shape index (κ3) is 1.87. The van der Waals surface area contributed by atoms with Gasteiger partial charge in [0, 0.05) is 6.07 Å². The SMILES string of the molecule is CCOc1[c]cccc1I. The summed E-state index contributed by atoms with van der Waals surface area (Å²) in [6.07, 6.45) is 0. The predicted molar refractivity (Wildman–Crippen MR) is 49.2 cm³/mol. The van der Waals surface area contributed by atoms with Crippen molar-refractivity contribution in [2.45, 2.75) is 6.92 Å². The first kappa shape index (κ1) is 7.85. The van der Waals surface area contributed by atoms with Gasteiger partial charge < -0.3 is 4.74 Å². The van der Waals surface area contributed by atoms with E-state index in [2.05, 4.69) is 28.7 Å². The second kappa shape index (κ2) is 3.81. The highest BCUT2D eigenvalue weighted by molar-refractivity contribution is 14.1. The minimum Gasteiger partial charge on any atom is -0.492 e. The summed E-state index contributed by atoms with van der Waals surface area (Å²) >= 11 is 2.23. The third-order valence-corrected chi connectivity index (χ3v) is 1.91. The quantitative estimate of drug-likeness (QED) is 0.729. The standard InChI is InChI=1S/C8H8IO/c1-2-10-8-6-4-3-5-7(8)9/h3-5H,2H2,1H3. The molecule has 0 heterocycles. The van der Waals surface area contributed by atoms with Crippen LogP contribution in [0.2, 0.25) is 0 Å². The minimum atomic E-state index is 0.705. The monoisotopic (exact) mass is 247 g/mol. The van der Waals surface area contributed by atoms with E-state index in [1.54, 1.807) is 0 Å². The van der Waals surface area contributed by atoms with Crippen LogP contribution in [0.15, 0.2) is 18.2 Å². The number of benzene rings is 1. The van der Waals surface area contributed by atoms with Gasteiger partial charge in [-0.1, -0.05) is 12.1 Å². The van der Waals surface area contributed by atoms with E-state index in [1.165, 1.54) is 0 Å². The van der Waals surface area contributed by atoms with Gasteiger partial charge in [-0.2, -0.15) is 0 Å². The summed E-state index contributed by atoms with van der Waals surface area (Å²) < 4.78 is 6.39. The van der Waals surface area contributed by atoms with Crippen molar-refractivity contribution in [1.29, 1.82) is 0 Å². The summed E-state index contributed by atoms with van der Waals surface area (Å²) in [6.45, 7) is 2.67. The number of rotatable bonds is 2. The molecule has 1 radical (unpaired) electrons. The van der Waals surface area contributed by atoms with Gasteiger partial charge in [-0.3, -0.25) is 0 Å². The van der Waals surface area contributed by atoms with E-state index in [1.807, 2.05) is 25.1 Å². The van der Waals surface area contributed by atoms with Crippen LogP contribution in [-0.4, -0.2) is 6.61 Å². The lowest BCUT2D eigenvalue weighted by atomic mass is 10.3. The predicted octanol–water partition coefficient (Wildman–Crippen LogP) is 2.49. The molecular formula is C8H8IO. The van der Waals surface area contributed by atoms with Crippen LogP contribution in [0.5, 0.6) is 5.75 Å². The molecule has 0 aromatic heterocycles. The molecule has 10 heavy (non-hydrogen) atoms. The molecule has 0 bridgehead atoms. The average molecular weight is 247 g/mol. The fourth-order valence-corrected chi connectivity index (χ4v) is 1.17. The molecule has 53 valence electrons. The Bertz CT molecular complexity index is 210. The van der Waals surface area contributed by atoms with Crippen molar-refractivity contribution in [3.05, 3.63) is 27.8 Å². The van der Waals surface area contributed by atoms with Crippen molar-refractivity contribution >= 4 is 22.6 Å². The Labute approximate surface area is 74.5 Å². The Balaban J connectivity index is 2.81. The number of halogens is 1. The van der Waals surface area contributed by atoms with E-state index >= 15 is 0 Å². The lowest BCUT2D eigenvalue weighted by molar-refractivity contribution is 0.337. The highest BCUT2D eigenvalue weighted by atomic mass is 127. The molecule has 0 saturated heterocycles. The van der Waals surface area contributed by atoms with Crippen LogP contribution in [0.4, 0.5) is 0 Å². The van der Waals surface area contributed by atoms with Crippen LogP contribution in [-0.2, 0) is 0 Å². The smallest absolute Gasteiger partial charge is 0.140 e. The van der Waals surface area contributed by atoms with Gasteiger partial charge in [0.05, 0.1) is 10.2 Å². The second-order valence-electron chi connectivity index (χ2n) is 1.78. The molecular weight excluding hydrogens is 239 g/mol. The first-order valence-electron chi connectivity index (χ1n) is 3.13. The largest absolute Gasteiger partial charge is 0.492 e. The Morgan fingerprint density at radius 3 is 3.10 bits per heavy atom. The van der Waals surface area contributed by atoms with Crippen molar-refractivity contribution in [2.75, 3.05) is 6.61 Å². The topological polar surface area (TPSA) is 9.23 Å². The molecule has 0 aliphatic carbocycles.